The molecule has 0 aliphatic carbocycles. The second-order valence-electron chi connectivity index (χ2n) is 5.01. The van der Waals surface area contributed by atoms with E-state index in [0.717, 1.165) is 6.07 Å². The number of nitrogen functional groups attached to an aromatic ring is 1. The van der Waals surface area contributed by atoms with Gasteiger partial charge in [0.25, 0.3) is 0 Å². The SMILES string of the molecule is CCC(C)N(CCOC)S(=O)(=O)c1cc(N)c(C)cc1F. The number of methoxy groups -OCH3 is 1. The van der Waals surface area contributed by atoms with Crippen LogP contribution in [0.1, 0.15) is 25.8 Å². The Labute approximate surface area is 125 Å². The van der Waals surface area contributed by atoms with E-state index in [1.54, 1.807) is 13.8 Å². The summed E-state index contributed by atoms with van der Waals surface area (Å²) in [7, 11) is -2.46. The van der Waals surface area contributed by atoms with Crippen molar-refractivity contribution in [3.05, 3.63) is 23.5 Å². The van der Waals surface area contributed by atoms with Gasteiger partial charge in [0.05, 0.1) is 6.61 Å². The molecule has 0 spiro atoms. The van der Waals surface area contributed by atoms with Crippen LogP contribution in [0.5, 0.6) is 0 Å². The highest BCUT2D eigenvalue weighted by Crippen LogP contribution is 2.26. The summed E-state index contributed by atoms with van der Waals surface area (Å²) in [6.45, 7) is 5.70. The summed E-state index contributed by atoms with van der Waals surface area (Å²) in [5, 5.41) is 0. The molecule has 7 heteroatoms. The van der Waals surface area contributed by atoms with Gasteiger partial charge >= 0.3 is 0 Å². The molecule has 0 radical (unpaired) electrons. The Kier molecular flexibility index (Phi) is 6.12. The zero-order valence-corrected chi connectivity index (χ0v) is 13.7. The number of nitrogens with two attached hydrogens (primary N) is 1. The molecule has 0 aliphatic rings. The molecule has 1 atom stereocenters. The summed E-state index contributed by atoms with van der Waals surface area (Å²) in [4.78, 5) is -0.387. The van der Waals surface area contributed by atoms with Gasteiger partial charge in [-0.15, -0.1) is 0 Å². The van der Waals surface area contributed by atoms with Gasteiger partial charge in [0.2, 0.25) is 10.0 Å². The minimum absolute atomic E-state index is 0.168. The van der Waals surface area contributed by atoms with E-state index in [-0.39, 0.29) is 29.8 Å². The van der Waals surface area contributed by atoms with E-state index in [1.165, 1.54) is 17.5 Å². The van der Waals surface area contributed by atoms with Gasteiger partial charge in [0.15, 0.2) is 0 Å². The minimum Gasteiger partial charge on any atom is -0.398 e. The van der Waals surface area contributed by atoms with Crippen LogP contribution in [0, 0.1) is 12.7 Å². The van der Waals surface area contributed by atoms with Crippen LogP contribution in [-0.4, -0.2) is 39.0 Å². The number of hydrogen-bond acceptors (Lipinski definition) is 4. The summed E-state index contributed by atoms with van der Waals surface area (Å²) in [5.41, 5.74) is 6.49. The molecule has 0 amide bonds. The molecule has 2 N–H and O–H groups in total. The second-order valence-corrected chi connectivity index (χ2v) is 6.86. The zero-order chi connectivity index (χ0) is 16.2. The first-order valence-electron chi connectivity index (χ1n) is 6.82. The van der Waals surface area contributed by atoms with Gasteiger partial charge in [-0.3, -0.25) is 0 Å². The third kappa shape index (κ3) is 3.93. The van der Waals surface area contributed by atoms with Crippen LogP contribution in [0.3, 0.4) is 0 Å². The molecule has 1 aromatic carbocycles. The molecular formula is C14H23FN2O3S. The molecule has 0 aromatic heterocycles. The summed E-state index contributed by atoms with van der Waals surface area (Å²) in [5.74, 6) is -0.785. The quantitative estimate of drug-likeness (QED) is 0.782. The standard InChI is InChI=1S/C14H23FN2O3S/c1-5-11(3)17(6-7-20-4)21(18,19)14-9-13(16)10(2)8-12(14)15/h8-9,11H,5-7,16H2,1-4H3. The average Bonchev–Trinajstić information content (AvgIpc) is 2.42. The lowest BCUT2D eigenvalue weighted by molar-refractivity contribution is 0.167. The number of nitrogens with zero attached hydrogens (tertiary/aromatic N) is 1. The number of anilines is 1. The smallest absolute Gasteiger partial charge is 0.246 e. The Morgan fingerprint density at radius 1 is 1.43 bits per heavy atom. The summed E-state index contributed by atoms with van der Waals surface area (Å²) in [6.07, 6.45) is 0.617. The fourth-order valence-corrected chi connectivity index (χ4v) is 3.73. The molecule has 1 aromatic rings. The molecule has 0 aliphatic heterocycles. The number of hydrogen-bond donors (Lipinski definition) is 1. The van der Waals surface area contributed by atoms with Crippen molar-refractivity contribution in [2.45, 2.75) is 38.1 Å². The van der Waals surface area contributed by atoms with Crippen molar-refractivity contribution < 1.29 is 17.5 Å². The molecule has 1 rings (SSSR count). The molecule has 0 heterocycles. The fraction of sp³-hybridized carbons (Fsp3) is 0.571. The van der Waals surface area contributed by atoms with Gasteiger partial charge in [-0.2, -0.15) is 4.31 Å². The van der Waals surface area contributed by atoms with Crippen molar-refractivity contribution in [1.29, 1.82) is 0 Å². The number of aryl methyl sites for hydroxylation is 1. The highest BCUT2D eigenvalue weighted by atomic mass is 32.2. The maximum absolute atomic E-state index is 14.1. The van der Waals surface area contributed by atoms with Crippen LogP contribution in [-0.2, 0) is 14.8 Å². The number of sulfonamides is 1. The van der Waals surface area contributed by atoms with Crippen LogP contribution in [0.4, 0.5) is 10.1 Å². The molecule has 0 bridgehead atoms. The lowest BCUT2D eigenvalue weighted by atomic mass is 10.2. The Morgan fingerprint density at radius 3 is 2.57 bits per heavy atom. The largest absolute Gasteiger partial charge is 0.398 e. The first kappa shape index (κ1) is 17.9. The van der Waals surface area contributed by atoms with Crippen molar-refractivity contribution >= 4 is 15.7 Å². The third-order valence-corrected chi connectivity index (χ3v) is 5.53. The molecule has 21 heavy (non-hydrogen) atoms. The van der Waals surface area contributed by atoms with Gasteiger partial charge in [0.1, 0.15) is 10.7 Å². The van der Waals surface area contributed by atoms with Gasteiger partial charge in [-0.1, -0.05) is 6.92 Å². The highest BCUT2D eigenvalue weighted by molar-refractivity contribution is 7.89. The average molecular weight is 318 g/mol. The molecule has 1 unspecified atom stereocenters. The Morgan fingerprint density at radius 2 is 2.05 bits per heavy atom. The van der Waals surface area contributed by atoms with Crippen molar-refractivity contribution in [2.75, 3.05) is 26.0 Å². The maximum Gasteiger partial charge on any atom is 0.246 e. The van der Waals surface area contributed by atoms with Crippen molar-refractivity contribution in [1.82, 2.24) is 4.31 Å². The van der Waals surface area contributed by atoms with Crippen LogP contribution < -0.4 is 5.73 Å². The predicted octanol–water partition coefficient (Wildman–Crippen LogP) is 2.15. The van der Waals surface area contributed by atoms with Crippen LogP contribution in [0.25, 0.3) is 0 Å². The molecule has 0 saturated carbocycles. The summed E-state index contributed by atoms with van der Waals surface area (Å²) < 4.78 is 45.7. The van der Waals surface area contributed by atoms with Crippen molar-refractivity contribution in [2.24, 2.45) is 0 Å². The first-order valence-corrected chi connectivity index (χ1v) is 8.26. The molecule has 120 valence electrons. The fourth-order valence-electron chi connectivity index (χ4n) is 1.95. The van der Waals surface area contributed by atoms with Crippen LogP contribution >= 0.6 is 0 Å². The zero-order valence-electron chi connectivity index (χ0n) is 12.9. The number of halogens is 1. The van der Waals surface area contributed by atoms with E-state index in [4.69, 9.17) is 10.5 Å². The number of rotatable bonds is 7. The predicted molar refractivity (Wildman–Crippen MR) is 81.1 cm³/mol. The maximum atomic E-state index is 14.1. The van der Waals surface area contributed by atoms with Gasteiger partial charge in [-0.25, -0.2) is 12.8 Å². The topological polar surface area (TPSA) is 72.6 Å². The van der Waals surface area contributed by atoms with Gasteiger partial charge < -0.3 is 10.5 Å². The normalized spacial score (nSPS) is 13.6. The summed E-state index contributed by atoms with van der Waals surface area (Å²) in [6, 6.07) is 2.07. The minimum atomic E-state index is -3.96. The number of benzene rings is 1. The lowest BCUT2D eigenvalue weighted by Gasteiger charge is -2.27. The Balaban J connectivity index is 3.31. The Bertz CT molecular complexity index is 590. The second kappa shape index (κ2) is 7.20. The molecule has 0 saturated heterocycles. The lowest BCUT2D eigenvalue weighted by Crippen LogP contribution is -2.40. The monoisotopic (exact) mass is 318 g/mol. The van der Waals surface area contributed by atoms with E-state index in [0.29, 0.717) is 12.0 Å². The first-order chi connectivity index (χ1) is 9.75. The van der Waals surface area contributed by atoms with E-state index in [1.807, 2.05) is 6.92 Å². The van der Waals surface area contributed by atoms with Crippen LogP contribution in [0.15, 0.2) is 17.0 Å². The van der Waals surface area contributed by atoms with E-state index in [2.05, 4.69) is 0 Å². The van der Waals surface area contributed by atoms with Crippen molar-refractivity contribution in [3.8, 4) is 0 Å². The molecule has 5 nitrogen and oxygen atoms in total. The Hall–Kier alpha value is -1.18. The van der Waals surface area contributed by atoms with Crippen molar-refractivity contribution in [3.63, 3.8) is 0 Å². The van der Waals surface area contributed by atoms with E-state index >= 15 is 0 Å². The highest BCUT2D eigenvalue weighted by Gasteiger charge is 2.30. The van der Waals surface area contributed by atoms with Crippen LogP contribution in [0.2, 0.25) is 0 Å². The van der Waals surface area contributed by atoms with E-state index in [9.17, 15) is 12.8 Å². The van der Waals surface area contributed by atoms with Gasteiger partial charge in [0, 0.05) is 25.4 Å². The number of ether oxygens (including phenoxy) is 1. The summed E-state index contributed by atoms with van der Waals surface area (Å²) >= 11 is 0. The molecule has 0 fully saturated rings. The molecular weight excluding hydrogens is 295 g/mol. The van der Waals surface area contributed by atoms with E-state index < -0.39 is 15.8 Å². The third-order valence-electron chi connectivity index (χ3n) is 3.51. The van der Waals surface area contributed by atoms with Gasteiger partial charge in [-0.05, 0) is 38.0 Å².